The predicted octanol–water partition coefficient (Wildman–Crippen LogP) is 2.74. The summed E-state index contributed by atoms with van der Waals surface area (Å²) in [6, 6.07) is 11.0. The standard InChI is InChI=1S/C16H15NO2/c1-10-2-4-13(17)9-14(10)16(18)12-3-5-15-11(8-12)6-7-19-15/h2-5,8-9H,6-7,17H2,1H3. The van der Waals surface area contributed by atoms with E-state index in [1.807, 2.05) is 37.3 Å². The highest BCUT2D eigenvalue weighted by Gasteiger charge is 2.17. The fourth-order valence-corrected chi connectivity index (χ4v) is 2.37. The van der Waals surface area contributed by atoms with Gasteiger partial charge in [-0.25, -0.2) is 0 Å². The molecule has 0 aromatic heterocycles. The molecule has 2 aromatic rings. The van der Waals surface area contributed by atoms with Crippen LogP contribution in [0, 0.1) is 6.92 Å². The van der Waals surface area contributed by atoms with Crippen LogP contribution in [0.15, 0.2) is 36.4 Å². The van der Waals surface area contributed by atoms with Gasteiger partial charge in [0.05, 0.1) is 6.61 Å². The van der Waals surface area contributed by atoms with E-state index in [9.17, 15) is 4.79 Å². The van der Waals surface area contributed by atoms with E-state index in [0.29, 0.717) is 23.4 Å². The van der Waals surface area contributed by atoms with Crippen LogP contribution in [0.4, 0.5) is 5.69 Å². The van der Waals surface area contributed by atoms with Gasteiger partial charge in [0.15, 0.2) is 5.78 Å². The Kier molecular flexibility index (Phi) is 2.75. The summed E-state index contributed by atoms with van der Waals surface area (Å²) in [5, 5.41) is 0. The van der Waals surface area contributed by atoms with Gasteiger partial charge in [0.1, 0.15) is 5.75 Å². The molecule has 0 unspecified atom stereocenters. The van der Waals surface area contributed by atoms with Crippen LogP contribution in [0.1, 0.15) is 27.0 Å². The summed E-state index contributed by atoms with van der Waals surface area (Å²) in [6.45, 7) is 2.62. The van der Waals surface area contributed by atoms with Crippen molar-refractivity contribution < 1.29 is 9.53 Å². The number of nitrogens with two attached hydrogens (primary N) is 1. The Labute approximate surface area is 112 Å². The first-order chi connectivity index (χ1) is 9.15. The lowest BCUT2D eigenvalue weighted by molar-refractivity contribution is 0.103. The first-order valence-corrected chi connectivity index (χ1v) is 6.32. The van der Waals surface area contributed by atoms with Crippen LogP contribution in [0.3, 0.4) is 0 Å². The largest absolute Gasteiger partial charge is 0.493 e. The lowest BCUT2D eigenvalue weighted by atomic mass is 9.97. The van der Waals surface area contributed by atoms with E-state index < -0.39 is 0 Å². The fourth-order valence-electron chi connectivity index (χ4n) is 2.37. The van der Waals surface area contributed by atoms with Crippen molar-refractivity contribution in [3.8, 4) is 5.75 Å². The van der Waals surface area contributed by atoms with Gasteiger partial charge in [-0.2, -0.15) is 0 Å². The first kappa shape index (κ1) is 11.8. The average molecular weight is 253 g/mol. The number of ether oxygens (including phenoxy) is 1. The molecule has 3 nitrogen and oxygen atoms in total. The molecule has 2 aromatic carbocycles. The maximum atomic E-state index is 12.5. The summed E-state index contributed by atoms with van der Waals surface area (Å²) in [5.41, 5.74) is 9.77. The first-order valence-electron chi connectivity index (χ1n) is 6.32. The topological polar surface area (TPSA) is 52.3 Å². The van der Waals surface area contributed by atoms with Crippen molar-refractivity contribution in [2.45, 2.75) is 13.3 Å². The van der Waals surface area contributed by atoms with Crippen LogP contribution in [0.2, 0.25) is 0 Å². The minimum Gasteiger partial charge on any atom is -0.493 e. The van der Waals surface area contributed by atoms with E-state index in [1.54, 1.807) is 6.07 Å². The second kappa shape index (κ2) is 4.43. The van der Waals surface area contributed by atoms with E-state index in [2.05, 4.69) is 0 Å². The normalized spacial score (nSPS) is 12.9. The van der Waals surface area contributed by atoms with E-state index >= 15 is 0 Å². The molecular weight excluding hydrogens is 238 g/mol. The zero-order valence-corrected chi connectivity index (χ0v) is 10.8. The SMILES string of the molecule is Cc1ccc(N)cc1C(=O)c1ccc2c(c1)CCO2. The number of aryl methyl sites for hydroxylation is 1. The number of benzene rings is 2. The number of hydrogen-bond donors (Lipinski definition) is 1. The van der Waals surface area contributed by atoms with Crippen molar-refractivity contribution in [2.75, 3.05) is 12.3 Å². The highest BCUT2D eigenvalue weighted by molar-refractivity contribution is 6.10. The van der Waals surface area contributed by atoms with Crippen molar-refractivity contribution >= 4 is 11.5 Å². The Morgan fingerprint density at radius 1 is 1.21 bits per heavy atom. The maximum Gasteiger partial charge on any atom is 0.193 e. The van der Waals surface area contributed by atoms with Crippen LogP contribution in [-0.4, -0.2) is 12.4 Å². The highest BCUT2D eigenvalue weighted by Crippen LogP contribution is 2.27. The van der Waals surface area contributed by atoms with E-state index in [1.165, 1.54) is 0 Å². The summed E-state index contributed by atoms with van der Waals surface area (Å²) < 4.78 is 5.45. The van der Waals surface area contributed by atoms with Crippen LogP contribution < -0.4 is 10.5 Å². The Balaban J connectivity index is 2.02. The number of hydrogen-bond acceptors (Lipinski definition) is 3. The molecule has 3 heteroatoms. The van der Waals surface area contributed by atoms with Gasteiger partial charge < -0.3 is 10.5 Å². The Bertz CT molecular complexity index is 662. The van der Waals surface area contributed by atoms with Crippen LogP contribution in [0.25, 0.3) is 0 Å². The number of rotatable bonds is 2. The Morgan fingerprint density at radius 2 is 2.05 bits per heavy atom. The molecule has 0 atom stereocenters. The van der Waals surface area contributed by atoms with E-state index in [-0.39, 0.29) is 5.78 Å². The molecular formula is C16H15NO2. The minimum absolute atomic E-state index is 0.0134. The minimum atomic E-state index is 0.0134. The maximum absolute atomic E-state index is 12.5. The van der Waals surface area contributed by atoms with Gasteiger partial charge in [-0.3, -0.25) is 4.79 Å². The van der Waals surface area contributed by atoms with Gasteiger partial charge in [0.25, 0.3) is 0 Å². The quantitative estimate of drug-likeness (QED) is 0.661. The Morgan fingerprint density at radius 3 is 2.89 bits per heavy atom. The third-order valence-corrected chi connectivity index (χ3v) is 3.46. The molecule has 1 aliphatic heterocycles. The molecule has 0 saturated heterocycles. The van der Waals surface area contributed by atoms with Crippen LogP contribution in [-0.2, 0) is 6.42 Å². The molecule has 0 amide bonds. The molecule has 0 aliphatic carbocycles. The van der Waals surface area contributed by atoms with Crippen LogP contribution in [0.5, 0.6) is 5.75 Å². The lowest BCUT2D eigenvalue weighted by Gasteiger charge is -2.07. The average Bonchev–Trinajstić information content (AvgIpc) is 2.88. The number of nitrogen functional groups attached to an aromatic ring is 1. The number of anilines is 1. The van der Waals surface area contributed by atoms with Crippen LogP contribution >= 0.6 is 0 Å². The molecule has 0 saturated carbocycles. The summed E-state index contributed by atoms with van der Waals surface area (Å²) in [6.07, 6.45) is 0.867. The fraction of sp³-hybridized carbons (Fsp3) is 0.188. The van der Waals surface area contributed by atoms with Crippen molar-refractivity contribution in [3.63, 3.8) is 0 Å². The third kappa shape index (κ3) is 2.08. The molecule has 1 aliphatic rings. The van der Waals surface area contributed by atoms with Gasteiger partial charge in [-0.1, -0.05) is 6.07 Å². The van der Waals surface area contributed by atoms with Gasteiger partial charge >= 0.3 is 0 Å². The summed E-state index contributed by atoms with van der Waals surface area (Å²) in [5.74, 6) is 0.903. The number of ketones is 1. The third-order valence-electron chi connectivity index (χ3n) is 3.46. The highest BCUT2D eigenvalue weighted by atomic mass is 16.5. The number of carbonyl (C=O) groups excluding carboxylic acids is 1. The molecule has 0 radical (unpaired) electrons. The molecule has 0 bridgehead atoms. The zero-order chi connectivity index (χ0) is 13.4. The second-order valence-electron chi connectivity index (χ2n) is 4.82. The van der Waals surface area contributed by atoms with Gasteiger partial charge in [-0.05, 0) is 48.4 Å². The molecule has 3 rings (SSSR count). The molecule has 19 heavy (non-hydrogen) atoms. The zero-order valence-electron chi connectivity index (χ0n) is 10.8. The summed E-state index contributed by atoms with van der Waals surface area (Å²) in [4.78, 5) is 12.5. The molecule has 2 N–H and O–H groups in total. The van der Waals surface area contributed by atoms with Crippen molar-refractivity contribution in [3.05, 3.63) is 58.7 Å². The van der Waals surface area contributed by atoms with Crippen molar-refractivity contribution in [1.82, 2.24) is 0 Å². The second-order valence-corrected chi connectivity index (χ2v) is 4.82. The van der Waals surface area contributed by atoms with Gasteiger partial charge in [-0.15, -0.1) is 0 Å². The number of carbonyl (C=O) groups is 1. The Hall–Kier alpha value is -2.29. The van der Waals surface area contributed by atoms with E-state index in [0.717, 1.165) is 23.3 Å². The van der Waals surface area contributed by atoms with Crippen molar-refractivity contribution in [2.24, 2.45) is 0 Å². The smallest absolute Gasteiger partial charge is 0.193 e. The predicted molar refractivity (Wildman–Crippen MR) is 74.7 cm³/mol. The van der Waals surface area contributed by atoms with Crippen molar-refractivity contribution in [1.29, 1.82) is 0 Å². The monoisotopic (exact) mass is 253 g/mol. The number of fused-ring (bicyclic) bond motifs is 1. The molecule has 0 spiro atoms. The summed E-state index contributed by atoms with van der Waals surface area (Å²) >= 11 is 0. The van der Waals surface area contributed by atoms with E-state index in [4.69, 9.17) is 10.5 Å². The lowest BCUT2D eigenvalue weighted by Crippen LogP contribution is -2.05. The van der Waals surface area contributed by atoms with Gasteiger partial charge in [0.2, 0.25) is 0 Å². The molecule has 0 fully saturated rings. The van der Waals surface area contributed by atoms with Gasteiger partial charge in [0, 0.05) is 23.2 Å². The summed E-state index contributed by atoms with van der Waals surface area (Å²) in [7, 11) is 0. The molecule has 1 heterocycles. The molecule has 96 valence electrons.